The summed E-state index contributed by atoms with van der Waals surface area (Å²) in [7, 11) is 0. The van der Waals surface area contributed by atoms with E-state index >= 15 is 0 Å². The molecule has 0 saturated heterocycles. The van der Waals surface area contributed by atoms with Crippen LogP contribution in [0.5, 0.6) is 5.88 Å². The third-order valence-corrected chi connectivity index (χ3v) is 1.93. The molecular weight excluding hydrogens is 204 g/mol. The van der Waals surface area contributed by atoms with Gasteiger partial charge in [0.05, 0.1) is 0 Å². The van der Waals surface area contributed by atoms with Gasteiger partial charge in [-0.05, 0) is 13.3 Å². The number of ether oxygens (including phenoxy) is 1. The van der Waals surface area contributed by atoms with Gasteiger partial charge in [0.1, 0.15) is 18.2 Å². The minimum Gasteiger partial charge on any atom is -0.473 e. The summed E-state index contributed by atoms with van der Waals surface area (Å²) in [4.78, 5) is 8.50. The highest BCUT2D eigenvalue weighted by Gasteiger charge is 2.03. The first-order chi connectivity index (χ1) is 7.80. The van der Waals surface area contributed by atoms with E-state index in [1.165, 1.54) is 0 Å². The van der Waals surface area contributed by atoms with Crippen LogP contribution in [0.15, 0.2) is 18.2 Å². The van der Waals surface area contributed by atoms with Crippen molar-refractivity contribution < 1.29 is 4.74 Å². The van der Waals surface area contributed by atoms with Crippen molar-refractivity contribution in [1.82, 2.24) is 9.97 Å². The third kappa shape index (κ3) is 3.86. The van der Waals surface area contributed by atoms with E-state index in [-0.39, 0.29) is 0 Å². The van der Waals surface area contributed by atoms with Gasteiger partial charge in [0, 0.05) is 12.5 Å². The van der Waals surface area contributed by atoms with Crippen molar-refractivity contribution in [2.75, 3.05) is 12.0 Å². The second kappa shape index (κ2) is 6.79. The second-order valence-corrected chi connectivity index (χ2v) is 3.28. The average molecular weight is 222 g/mol. The van der Waals surface area contributed by atoms with Gasteiger partial charge in [-0.2, -0.15) is 4.98 Å². The minimum atomic E-state index is 0.503. The van der Waals surface area contributed by atoms with E-state index in [2.05, 4.69) is 22.3 Å². The molecule has 0 saturated carbocycles. The largest absolute Gasteiger partial charge is 0.473 e. The molecule has 5 heteroatoms. The van der Waals surface area contributed by atoms with Crippen molar-refractivity contribution in [3.05, 3.63) is 24.0 Å². The van der Waals surface area contributed by atoms with Crippen molar-refractivity contribution in [2.45, 2.75) is 26.7 Å². The summed E-state index contributed by atoms with van der Waals surface area (Å²) >= 11 is 0. The normalized spacial score (nSPS) is 10.7. The maximum atomic E-state index is 5.44. The molecular formula is C11H18N4O. The summed E-state index contributed by atoms with van der Waals surface area (Å²) in [6.45, 7) is 4.52. The topological polar surface area (TPSA) is 73.1 Å². The molecule has 0 aliphatic rings. The van der Waals surface area contributed by atoms with Crippen molar-refractivity contribution in [2.24, 2.45) is 5.84 Å². The van der Waals surface area contributed by atoms with Crippen molar-refractivity contribution in [1.29, 1.82) is 0 Å². The summed E-state index contributed by atoms with van der Waals surface area (Å²) in [6.07, 6.45) is 5.64. The van der Waals surface area contributed by atoms with Crippen LogP contribution in [0.25, 0.3) is 0 Å². The summed E-state index contributed by atoms with van der Waals surface area (Å²) in [5, 5.41) is 0. The molecule has 5 nitrogen and oxygen atoms in total. The van der Waals surface area contributed by atoms with Crippen LogP contribution in [0, 0.1) is 0 Å². The minimum absolute atomic E-state index is 0.503. The van der Waals surface area contributed by atoms with E-state index in [0.29, 0.717) is 18.3 Å². The molecule has 0 amide bonds. The Kier molecular flexibility index (Phi) is 5.28. The van der Waals surface area contributed by atoms with Gasteiger partial charge in [0.25, 0.3) is 0 Å². The zero-order chi connectivity index (χ0) is 11.8. The highest BCUT2D eigenvalue weighted by atomic mass is 16.5. The number of hydrogen-bond acceptors (Lipinski definition) is 5. The Morgan fingerprint density at radius 2 is 2.31 bits per heavy atom. The lowest BCUT2D eigenvalue weighted by Gasteiger charge is -2.07. The van der Waals surface area contributed by atoms with Crippen LogP contribution in [0.3, 0.4) is 0 Å². The third-order valence-electron chi connectivity index (χ3n) is 1.93. The molecule has 0 atom stereocenters. The van der Waals surface area contributed by atoms with Crippen LogP contribution in [0.4, 0.5) is 5.82 Å². The highest BCUT2D eigenvalue weighted by Crippen LogP contribution is 2.13. The number of hydrogen-bond donors (Lipinski definition) is 2. The monoisotopic (exact) mass is 222 g/mol. The molecule has 0 aliphatic carbocycles. The zero-order valence-electron chi connectivity index (χ0n) is 9.73. The molecule has 0 spiro atoms. The fourth-order valence-electron chi connectivity index (χ4n) is 1.19. The quantitative estimate of drug-likeness (QED) is 0.435. The Morgan fingerprint density at radius 1 is 1.50 bits per heavy atom. The van der Waals surface area contributed by atoms with Crippen molar-refractivity contribution >= 4 is 5.82 Å². The number of anilines is 1. The van der Waals surface area contributed by atoms with Gasteiger partial charge in [-0.1, -0.05) is 19.1 Å². The maximum absolute atomic E-state index is 5.44. The van der Waals surface area contributed by atoms with Gasteiger partial charge in [-0.25, -0.2) is 10.8 Å². The van der Waals surface area contributed by atoms with Gasteiger partial charge in [0.15, 0.2) is 0 Å². The smallest absolute Gasteiger partial charge is 0.219 e. The van der Waals surface area contributed by atoms with Crippen LogP contribution in [0.2, 0.25) is 0 Å². The van der Waals surface area contributed by atoms with Gasteiger partial charge >= 0.3 is 0 Å². The highest BCUT2D eigenvalue weighted by molar-refractivity contribution is 5.37. The Labute approximate surface area is 95.7 Å². The lowest BCUT2D eigenvalue weighted by atomic mass is 10.3. The van der Waals surface area contributed by atoms with Crippen molar-refractivity contribution in [3.8, 4) is 5.88 Å². The van der Waals surface area contributed by atoms with Crippen LogP contribution in [0.1, 0.15) is 26.1 Å². The summed E-state index contributed by atoms with van der Waals surface area (Å²) in [5.74, 6) is 7.20. The van der Waals surface area contributed by atoms with Gasteiger partial charge in [0.2, 0.25) is 5.88 Å². The van der Waals surface area contributed by atoms with Gasteiger partial charge < -0.3 is 10.2 Å². The summed E-state index contributed by atoms with van der Waals surface area (Å²) in [6, 6.07) is 1.68. The number of nitrogens with two attached hydrogens (primary N) is 1. The molecule has 16 heavy (non-hydrogen) atoms. The van der Waals surface area contributed by atoms with Crippen LogP contribution in [-0.4, -0.2) is 16.6 Å². The molecule has 1 rings (SSSR count). The SMILES string of the molecule is C/C=C/COc1cc(NN)nc(CCC)n1. The molecule has 1 heterocycles. The Morgan fingerprint density at radius 3 is 2.94 bits per heavy atom. The molecule has 1 aromatic heterocycles. The number of rotatable bonds is 6. The molecule has 3 N–H and O–H groups in total. The predicted octanol–water partition coefficient (Wildman–Crippen LogP) is 1.67. The Bertz CT molecular complexity index is 352. The van der Waals surface area contributed by atoms with E-state index < -0.39 is 0 Å². The maximum Gasteiger partial charge on any atom is 0.219 e. The van der Waals surface area contributed by atoms with Crippen LogP contribution >= 0.6 is 0 Å². The summed E-state index contributed by atoms with van der Waals surface area (Å²) in [5.41, 5.74) is 2.51. The molecule has 0 unspecified atom stereocenters. The molecule has 0 radical (unpaired) electrons. The first kappa shape index (κ1) is 12.4. The van der Waals surface area contributed by atoms with Crippen molar-refractivity contribution in [3.63, 3.8) is 0 Å². The number of nitrogens with one attached hydrogen (secondary N) is 1. The van der Waals surface area contributed by atoms with Crippen LogP contribution < -0.4 is 16.0 Å². The Balaban J connectivity index is 2.77. The number of nitrogens with zero attached hydrogens (tertiary/aromatic N) is 2. The molecule has 0 fully saturated rings. The Hall–Kier alpha value is -1.62. The lowest BCUT2D eigenvalue weighted by molar-refractivity contribution is 0.346. The first-order valence-corrected chi connectivity index (χ1v) is 5.38. The fourth-order valence-corrected chi connectivity index (χ4v) is 1.19. The number of allylic oxidation sites excluding steroid dienone is 1. The van der Waals surface area contributed by atoms with Gasteiger partial charge in [-0.15, -0.1) is 0 Å². The van der Waals surface area contributed by atoms with Gasteiger partial charge in [-0.3, -0.25) is 0 Å². The number of aromatic nitrogens is 2. The number of hydrazine groups is 1. The standard InChI is InChI=1S/C11H18N4O/c1-3-5-7-16-11-8-10(15-12)13-9(14-11)6-4-2/h3,5,8H,4,6-7,12H2,1-2H3,(H,13,14,15)/b5-3+. The van der Waals surface area contributed by atoms with E-state index in [1.54, 1.807) is 6.07 Å². The van der Waals surface area contributed by atoms with Crippen LogP contribution in [-0.2, 0) is 6.42 Å². The second-order valence-electron chi connectivity index (χ2n) is 3.28. The number of aryl methyl sites for hydroxylation is 1. The molecule has 0 aliphatic heterocycles. The lowest BCUT2D eigenvalue weighted by Crippen LogP contribution is -2.11. The number of nitrogen functional groups attached to an aromatic ring is 1. The molecule has 0 bridgehead atoms. The molecule has 1 aromatic rings. The summed E-state index contributed by atoms with van der Waals surface area (Å²) < 4.78 is 5.44. The zero-order valence-corrected chi connectivity index (χ0v) is 9.73. The van der Waals surface area contributed by atoms with E-state index in [9.17, 15) is 0 Å². The average Bonchev–Trinajstić information content (AvgIpc) is 2.29. The van der Waals surface area contributed by atoms with E-state index in [0.717, 1.165) is 18.7 Å². The predicted molar refractivity (Wildman–Crippen MR) is 64.1 cm³/mol. The van der Waals surface area contributed by atoms with E-state index in [1.807, 2.05) is 19.1 Å². The van der Waals surface area contributed by atoms with E-state index in [4.69, 9.17) is 10.6 Å². The first-order valence-electron chi connectivity index (χ1n) is 5.38. The fraction of sp³-hybridized carbons (Fsp3) is 0.455. The molecule has 88 valence electrons. The molecule has 0 aromatic carbocycles.